The van der Waals surface area contributed by atoms with Crippen LogP contribution in [-0.2, 0) is 0 Å². The van der Waals surface area contributed by atoms with Crippen LogP contribution in [0.5, 0.6) is 0 Å². The van der Waals surface area contributed by atoms with Crippen LogP contribution in [0.4, 0.5) is 20.2 Å². The molecule has 0 aromatic heterocycles. The number of hydrogen-bond acceptors (Lipinski definition) is 4. The van der Waals surface area contributed by atoms with E-state index in [-0.39, 0.29) is 22.5 Å². The Kier molecular flexibility index (Phi) is 6.47. The second-order valence-electron chi connectivity index (χ2n) is 4.85. The third-order valence-electron chi connectivity index (χ3n) is 3.25. The fourth-order valence-electron chi connectivity index (χ4n) is 1.96. The van der Waals surface area contributed by atoms with Crippen LogP contribution in [0.15, 0.2) is 28.7 Å². The molecule has 0 bridgehead atoms. The van der Waals surface area contributed by atoms with E-state index >= 15 is 0 Å². The van der Waals surface area contributed by atoms with E-state index in [0.29, 0.717) is 10.0 Å². The molecule has 2 rings (SSSR count). The number of rotatable bonds is 2. The minimum atomic E-state index is -0.609. The van der Waals surface area contributed by atoms with Crippen LogP contribution in [-0.4, -0.2) is 9.85 Å². The lowest BCUT2D eigenvalue weighted by atomic mass is 10.1. The van der Waals surface area contributed by atoms with Gasteiger partial charge in [-0.2, -0.15) is 0 Å². The van der Waals surface area contributed by atoms with E-state index in [2.05, 4.69) is 15.9 Å². The summed E-state index contributed by atoms with van der Waals surface area (Å²) >= 11 is 2.97. The first-order chi connectivity index (χ1) is 11.1. The van der Waals surface area contributed by atoms with E-state index in [1.165, 1.54) is 38.1 Å². The molecule has 0 saturated carbocycles. The van der Waals surface area contributed by atoms with E-state index in [9.17, 15) is 29.0 Å². The molecule has 0 aliphatic rings. The minimum absolute atomic E-state index is 0.0503. The van der Waals surface area contributed by atoms with Crippen molar-refractivity contribution in [2.24, 2.45) is 0 Å². The third kappa shape index (κ3) is 4.31. The van der Waals surface area contributed by atoms with Gasteiger partial charge in [-0.25, -0.2) is 8.78 Å². The number of nitrogens with zero attached hydrogens (tertiary/aromatic N) is 2. The number of benzene rings is 2. The zero-order valence-corrected chi connectivity index (χ0v) is 14.6. The predicted molar refractivity (Wildman–Crippen MR) is 88.0 cm³/mol. The number of nitro benzene ring substituents is 2. The second kappa shape index (κ2) is 7.91. The molecule has 128 valence electrons. The monoisotopic (exact) mass is 402 g/mol. The molecule has 6 nitrogen and oxygen atoms in total. The lowest BCUT2D eigenvalue weighted by molar-refractivity contribution is -0.386. The van der Waals surface area contributed by atoms with Gasteiger partial charge in [-0.3, -0.25) is 20.2 Å². The zero-order valence-electron chi connectivity index (χ0n) is 13.0. The first-order valence-electron chi connectivity index (χ1n) is 6.57. The van der Waals surface area contributed by atoms with Gasteiger partial charge >= 0.3 is 0 Å². The van der Waals surface area contributed by atoms with Crippen molar-refractivity contribution in [1.29, 1.82) is 0 Å². The van der Waals surface area contributed by atoms with Crippen LogP contribution in [0.25, 0.3) is 0 Å². The summed E-state index contributed by atoms with van der Waals surface area (Å²) in [7, 11) is 0. The molecule has 2 aromatic rings. The van der Waals surface area contributed by atoms with Gasteiger partial charge in [0.2, 0.25) is 0 Å². The predicted octanol–water partition coefficient (Wildman–Crippen LogP) is 5.16. The van der Waals surface area contributed by atoms with Crippen LogP contribution < -0.4 is 0 Å². The molecule has 2 aromatic carbocycles. The van der Waals surface area contributed by atoms with E-state index in [4.69, 9.17) is 0 Å². The maximum Gasteiger partial charge on any atom is 0.289 e. The second-order valence-corrected chi connectivity index (χ2v) is 5.71. The fourth-order valence-corrected chi connectivity index (χ4v) is 2.53. The highest BCUT2D eigenvalue weighted by atomic mass is 79.9. The lowest BCUT2D eigenvalue weighted by Crippen LogP contribution is -1.97. The highest BCUT2D eigenvalue weighted by Gasteiger charge is 2.18. The molecular weight excluding hydrogens is 390 g/mol. The topological polar surface area (TPSA) is 86.3 Å². The van der Waals surface area contributed by atoms with Crippen LogP contribution >= 0.6 is 15.9 Å². The first kappa shape index (κ1) is 19.6. The highest BCUT2D eigenvalue weighted by Crippen LogP contribution is 2.29. The van der Waals surface area contributed by atoms with Crippen molar-refractivity contribution >= 4 is 27.3 Å². The van der Waals surface area contributed by atoms with E-state index in [1.54, 1.807) is 6.92 Å². The van der Waals surface area contributed by atoms with Gasteiger partial charge in [0.1, 0.15) is 11.6 Å². The Bertz CT molecular complexity index is 745. The maximum absolute atomic E-state index is 12.8. The van der Waals surface area contributed by atoms with Crippen LogP contribution in [0, 0.1) is 52.6 Å². The molecule has 0 fully saturated rings. The molecule has 0 aliphatic heterocycles. The maximum atomic E-state index is 12.8. The Morgan fingerprint density at radius 1 is 0.833 bits per heavy atom. The molecular formula is C15H13BrF2N2O4. The minimum Gasteiger partial charge on any atom is -0.258 e. The average Bonchev–Trinajstić information content (AvgIpc) is 2.48. The fraction of sp³-hybridized carbons (Fsp3) is 0.200. The zero-order chi connectivity index (χ0) is 18.6. The van der Waals surface area contributed by atoms with E-state index in [1.807, 2.05) is 0 Å². The smallest absolute Gasteiger partial charge is 0.258 e. The van der Waals surface area contributed by atoms with Crippen molar-refractivity contribution in [3.05, 3.63) is 77.3 Å². The van der Waals surface area contributed by atoms with E-state index in [0.717, 1.165) is 0 Å². The molecule has 0 amide bonds. The summed E-state index contributed by atoms with van der Waals surface area (Å²) in [4.78, 5) is 19.7. The summed E-state index contributed by atoms with van der Waals surface area (Å²) in [6.07, 6.45) is 0. The SMILES string of the molecule is Cc1c(F)ccc(Br)c1[N+](=O)[O-].Cc1ccc(F)c(C)c1[N+](=O)[O-]. The largest absolute Gasteiger partial charge is 0.289 e. The number of halogens is 3. The molecule has 0 saturated heterocycles. The van der Waals surface area contributed by atoms with Gasteiger partial charge in [0.25, 0.3) is 11.4 Å². The molecule has 0 radical (unpaired) electrons. The van der Waals surface area contributed by atoms with Crippen molar-refractivity contribution in [3.8, 4) is 0 Å². The molecule has 24 heavy (non-hydrogen) atoms. The van der Waals surface area contributed by atoms with Crippen molar-refractivity contribution in [3.63, 3.8) is 0 Å². The van der Waals surface area contributed by atoms with Gasteiger partial charge in [0, 0.05) is 5.56 Å². The molecule has 0 atom stereocenters. The van der Waals surface area contributed by atoms with Crippen LogP contribution in [0.3, 0.4) is 0 Å². The van der Waals surface area contributed by atoms with Crippen LogP contribution in [0.2, 0.25) is 0 Å². The van der Waals surface area contributed by atoms with Gasteiger partial charge < -0.3 is 0 Å². The summed E-state index contributed by atoms with van der Waals surface area (Å²) in [6.45, 7) is 4.36. The molecule has 0 aliphatic carbocycles. The Balaban J connectivity index is 0.000000240. The Hall–Kier alpha value is -2.42. The highest BCUT2D eigenvalue weighted by molar-refractivity contribution is 9.10. The summed E-state index contributed by atoms with van der Waals surface area (Å²) in [5, 5.41) is 20.8. The molecule has 0 spiro atoms. The van der Waals surface area contributed by atoms with Gasteiger partial charge in [-0.1, -0.05) is 0 Å². The molecule has 0 N–H and O–H groups in total. The number of hydrogen-bond donors (Lipinski definition) is 0. The Labute approximate surface area is 144 Å². The van der Waals surface area contributed by atoms with Crippen LogP contribution in [0.1, 0.15) is 16.7 Å². The average molecular weight is 403 g/mol. The first-order valence-corrected chi connectivity index (χ1v) is 7.36. The van der Waals surface area contributed by atoms with Crippen molar-refractivity contribution in [2.45, 2.75) is 20.8 Å². The standard InChI is InChI=1S/C8H8FNO2.C7H5BrFNO2/c1-5-3-4-7(9)6(2)8(5)10(11)12;1-4-6(9)3-2-5(8)7(4)10(11)12/h3-4H,1-2H3;2-3H,1H3. The summed E-state index contributed by atoms with van der Waals surface area (Å²) in [5.41, 5.74) is 0.290. The Morgan fingerprint density at radius 3 is 1.62 bits per heavy atom. The van der Waals surface area contributed by atoms with Gasteiger partial charge in [-0.15, -0.1) is 0 Å². The number of aryl methyl sites for hydroxylation is 1. The summed E-state index contributed by atoms with van der Waals surface area (Å²) in [6, 6.07) is 5.14. The third-order valence-corrected chi connectivity index (χ3v) is 3.89. The normalized spacial score (nSPS) is 9.92. The number of nitro groups is 2. The van der Waals surface area contributed by atoms with Crippen molar-refractivity contribution in [1.82, 2.24) is 0 Å². The van der Waals surface area contributed by atoms with Crippen molar-refractivity contribution < 1.29 is 18.6 Å². The summed E-state index contributed by atoms with van der Waals surface area (Å²) in [5.74, 6) is -1.10. The molecule has 0 unspecified atom stereocenters. The Morgan fingerprint density at radius 2 is 1.25 bits per heavy atom. The van der Waals surface area contributed by atoms with Gasteiger partial charge in [0.05, 0.1) is 25.4 Å². The van der Waals surface area contributed by atoms with Gasteiger partial charge in [-0.05, 0) is 61.0 Å². The van der Waals surface area contributed by atoms with Gasteiger partial charge in [0.15, 0.2) is 0 Å². The quantitative estimate of drug-likeness (QED) is 0.512. The summed E-state index contributed by atoms with van der Waals surface area (Å²) < 4.78 is 25.9. The molecule has 0 heterocycles. The lowest BCUT2D eigenvalue weighted by Gasteiger charge is -2.00. The van der Waals surface area contributed by atoms with Crippen molar-refractivity contribution in [2.75, 3.05) is 0 Å². The molecule has 9 heteroatoms. The van der Waals surface area contributed by atoms with E-state index < -0.39 is 21.5 Å².